The van der Waals surface area contributed by atoms with Crippen LogP contribution in [0.15, 0.2) is 0 Å². The number of rotatable bonds is 3. The van der Waals surface area contributed by atoms with E-state index in [4.69, 9.17) is 0 Å². The summed E-state index contributed by atoms with van der Waals surface area (Å²) in [7, 11) is 0. The SMILES string of the molecule is CC(C)(C)CC(=O)NCC1CCC(=O)N1. The van der Waals surface area contributed by atoms with Gasteiger partial charge in [0.1, 0.15) is 0 Å². The van der Waals surface area contributed by atoms with Crippen molar-refractivity contribution in [2.75, 3.05) is 6.54 Å². The first-order chi connectivity index (χ1) is 6.87. The average molecular weight is 212 g/mol. The van der Waals surface area contributed by atoms with Gasteiger partial charge in [0, 0.05) is 25.4 Å². The molecule has 4 nitrogen and oxygen atoms in total. The summed E-state index contributed by atoms with van der Waals surface area (Å²) in [6, 6.07) is 0.126. The average Bonchev–Trinajstić information content (AvgIpc) is 2.45. The van der Waals surface area contributed by atoms with Crippen LogP contribution in [0, 0.1) is 5.41 Å². The molecule has 1 atom stereocenters. The zero-order valence-electron chi connectivity index (χ0n) is 9.72. The van der Waals surface area contributed by atoms with Gasteiger partial charge >= 0.3 is 0 Å². The number of nitrogens with one attached hydrogen (secondary N) is 2. The Morgan fingerprint density at radius 2 is 2.20 bits per heavy atom. The van der Waals surface area contributed by atoms with Crippen LogP contribution in [-0.4, -0.2) is 24.4 Å². The summed E-state index contributed by atoms with van der Waals surface area (Å²) in [6.07, 6.45) is 1.93. The van der Waals surface area contributed by atoms with E-state index in [2.05, 4.69) is 10.6 Å². The fourth-order valence-corrected chi connectivity index (χ4v) is 1.61. The fraction of sp³-hybridized carbons (Fsp3) is 0.818. The highest BCUT2D eigenvalue weighted by molar-refractivity contribution is 5.79. The van der Waals surface area contributed by atoms with Crippen molar-refractivity contribution in [1.82, 2.24) is 10.6 Å². The first-order valence-corrected chi connectivity index (χ1v) is 5.43. The molecule has 1 aliphatic rings. The van der Waals surface area contributed by atoms with Gasteiger partial charge < -0.3 is 10.6 Å². The van der Waals surface area contributed by atoms with Gasteiger partial charge in [0.25, 0.3) is 0 Å². The minimum absolute atomic E-state index is 0.0169. The van der Waals surface area contributed by atoms with Crippen molar-refractivity contribution in [2.45, 2.75) is 46.1 Å². The van der Waals surface area contributed by atoms with Crippen LogP contribution in [0.2, 0.25) is 0 Å². The molecule has 1 rings (SSSR count). The monoisotopic (exact) mass is 212 g/mol. The van der Waals surface area contributed by atoms with Crippen molar-refractivity contribution < 1.29 is 9.59 Å². The van der Waals surface area contributed by atoms with Crippen molar-refractivity contribution >= 4 is 11.8 Å². The van der Waals surface area contributed by atoms with Gasteiger partial charge in [-0.05, 0) is 11.8 Å². The van der Waals surface area contributed by atoms with Crippen LogP contribution in [-0.2, 0) is 9.59 Å². The van der Waals surface area contributed by atoms with E-state index in [0.717, 1.165) is 6.42 Å². The fourth-order valence-electron chi connectivity index (χ4n) is 1.61. The smallest absolute Gasteiger partial charge is 0.220 e. The minimum atomic E-state index is 0.0169. The number of carbonyl (C=O) groups is 2. The summed E-state index contributed by atoms with van der Waals surface area (Å²) < 4.78 is 0. The summed E-state index contributed by atoms with van der Waals surface area (Å²) in [5, 5.41) is 5.67. The summed E-state index contributed by atoms with van der Waals surface area (Å²) >= 11 is 0. The van der Waals surface area contributed by atoms with Crippen LogP contribution in [0.3, 0.4) is 0 Å². The molecule has 4 heteroatoms. The zero-order chi connectivity index (χ0) is 11.5. The summed E-state index contributed by atoms with van der Waals surface area (Å²) in [6.45, 7) is 6.65. The maximum Gasteiger partial charge on any atom is 0.220 e. The molecule has 15 heavy (non-hydrogen) atoms. The molecule has 0 aromatic carbocycles. The number of carbonyl (C=O) groups excluding carboxylic acids is 2. The maximum absolute atomic E-state index is 11.5. The number of hydrogen-bond donors (Lipinski definition) is 2. The Morgan fingerprint density at radius 1 is 1.53 bits per heavy atom. The molecule has 2 N–H and O–H groups in total. The van der Waals surface area contributed by atoms with Crippen molar-refractivity contribution in [1.29, 1.82) is 0 Å². The molecule has 1 saturated heterocycles. The van der Waals surface area contributed by atoms with Crippen molar-refractivity contribution in [3.63, 3.8) is 0 Å². The second kappa shape index (κ2) is 4.64. The Bertz CT molecular complexity index is 256. The molecule has 0 saturated carbocycles. The van der Waals surface area contributed by atoms with E-state index in [1.54, 1.807) is 0 Å². The molecular formula is C11H20N2O2. The van der Waals surface area contributed by atoms with E-state index in [-0.39, 0.29) is 23.3 Å². The van der Waals surface area contributed by atoms with Gasteiger partial charge in [-0.2, -0.15) is 0 Å². The van der Waals surface area contributed by atoms with Gasteiger partial charge in [-0.15, -0.1) is 0 Å². The quantitative estimate of drug-likeness (QED) is 0.727. The standard InChI is InChI=1S/C11H20N2O2/c1-11(2,3)6-10(15)12-7-8-4-5-9(14)13-8/h8H,4-7H2,1-3H3,(H,12,15)(H,13,14). The van der Waals surface area contributed by atoms with E-state index in [0.29, 0.717) is 19.4 Å². The predicted molar refractivity (Wildman–Crippen MR) is 58.2 cm³/mol. The molecule has 86 valence electrons. The molecule has 0 aromatic heterocycles. The first kappa shape index (κ1) is 12.0. The molecule has 0 spiro atoms. The summed E-state index contributed by atoms with van der Waals surface area (Å²) in [5.41, 5.74) is 0.0169. The molecule has 1 fully saturated rings. The van der Waals surface area contributed by atoms with Crippen molar-refractivity contribution in [3.8, 4) is 0 Å². The second-order valence-corrected chi connectivity index (χ2v) is 5.34. The van der Waals surface area contributed by atoms with Gasteiger partial charge in [0.15, 0.2) is 0 Å². The third kappa shape index (κ3) is 4.81. The molecule has 2 amide bonds. The van der Waals surface area contributed by atoms with Gasteiger partial charge in [-0.25, -0.2) is 0 Å². The highest BCUT2D eigenvalue weighted by atomic mass is 16.2. The summed E-state index contributed by atoms with van der Waals surface area (Å²) in [5.74, 6) is 0.147. The van der Waals surface area contributed by atoms with Crippen LogP contribution in [0.5, 0.6) is 0 Å². The lowest BCUT2D eigenvalue weighted by Crippen LogP contribution is -2.39. The van der Waals surface area contributed by atoms with Crippen LogP contribution >= 0.6 is 0 Å². The van der Waals surface area contributed by atoms with E-state index in [1.165, 1.54) is 0 Å². The van der Waals surface area contributed by atoms with Crippen LogP contribution < -0.4 is 10.6 Å². The molecule has 0 aromatic rings. The second-order valence-electron chi connectivity index (χ2n) is 5.34. The highest BCUT2D eigenvalue weighted by Gasteiger charge is 2.22. The third-order valence-electron chi connectivity index (χ3n) is 2.32. The van der Waals surface area contributed by atoms with Gasteiger partial charge in [-0.3, -0.25) is 9.59 Å². The van der Waals surface area contributed by atoms with Crippen molar-refractivity contribution in [2.24, 2.45) is 5.41 Å². The van der Waals surface area contributed by atoms with Gasteiger partial charge in [0.2, 0.25) is 11.8 Å². The Kier molecular flexibility index (Phi) is 3.72. The molecule has 0 aliphatic carbocycles. The lowest BCUT2D eigenvalue weighted by molar-refractivity contribution is -0.123. The normalized spacial score (nSPS) is 21.3. The molecular weight excluding hydrogens is 192 g/mol. The van der Waals surface area contributed by atoms with E-state index >= 15 is 0 Å². The Morgan fingerprint density at radius 3 is 2.67 bits per heavy atom. The lowest BCUT2D eigenvalue weighted by Gasteiger charge is -2.18. The van der Waals surface area contributed by atoms with Crippen LogP contribution in [0.25, 0.3) is 0 Å². The third-order valence-corrected chi connectivity index (χ3v) is 2.32. The molecule has 1 unspecified atom stereocenters. The largest absolute Gasteiger partial charge is 0.354 e. The summed E-state index contributed by atoms with van der Waals surface area (Å²) in [4.78, 5) is 22.4. The molecule has 0 radical (unpaired) electrons. The topological polar surface area (TPSA) is 58.2 Å². The lowest BCUT2D eigenvalue weighted by atomic mass is 9.92. The van der Waals surface area contributed by atoms with E-state index < -0.39 is 0 Å². The van der Waals surface area contributed by atoms with Crippen LogP contribution in [0.1, 0.15) is 40.0 Å². The Balaban J connectivity index is 2.20. The molecule has 0 bridgehead atoms. The number of amides is 2. The van der Waals surface area contributed by atoms with Gasteiger partial charge in [0.05, 0.1) is 0 Å². The molecule has 1 aliphatic heterocycles. The molecule has 1 heterocycles. The number of hydrogen-bond acceptors (Lipinski definition) is 2. The highest BCUT2D eigenvalue weighted by Crippen LogP contribution is 2.17. The zero-order valence-corrected chi connectivity index (χ0v) is 9.72. The maximum atomic E-state index is 11.5. The van der Waals surface area contributed by atoms with Gasteiger partial charge in [-0.1, -0.05) is 20.8 Å². The van der Waals surface area contributed by atoms with Crippen molar-refractivity contribution in [3.05, 3.63) is 0 Å². The van der Waals surface area contributed by atoms with Crippen LogP contribution in [0.4, 0.5) is 0 Å². The van der Waals surface area contributed by atoms with E-state index in [1.807, 2.05) is 20.8 Å². The predicted octanol–water partition coefficient (Wildman–Crippen LogP) is 0.817. The Hall–Kier alpha value is -1.06. The Labute approximate surface area is 90.8 Å². The first-order valence-electron chi connectivity index (χ1n) is 5.43. The minimum Gasteiger partial charge on any atom is -0.354 e. The van der Waals surface area contributed by atoms with E-state index in [9.17, 15) is 9.59 Å².